The van der Waals surface area contributed by atoms with E-state index in [0.717, 1.165) is 0 Å². The topological polar surface area (TPSA) is 34.5 Å². The molecule has 0 atom stereocenters. The van der Waals surface area contributed by atoms with Gasteiger partial charge in [-0.3, -0.25) is 4.99 Å². The van der Waals surface area contributed by atoms with Crippen LogP contribution in [0.1, 0.15) is 5.69 Å². The third kappa shape index (κ3) is 2.76. The lowest BCUT2D eigenvalue weighted by molar-refractivity contribution is 0.397. The van der Waals surface area contributed by atoms with Crippen LogP contribution in [0.3, 0.4) is 0 Å². The average molecular weight is 220 g/mol. The summed E-state index contributed by atoms with van der Waals surface area (Å²) in [5.41, 5.74) is 1.70. The SMILES string of the molecule is C=CC(=C)c1nc(OC)ccc1/N=C\CF. The molecule has 0 N–H and O–H groups in total. The molecule has 1 rings (SSSR count). The van der Waals surface area contributed by atoms with Gasteiger partial charge in [0.2, 0.25) is 5.88 Å². The minimum atomic E-state index is -0.619. The van der Waals surface area contributed by atoms with Gasteiger partial charge in [0, 0.05) is 12.3 Å². The third-order valence-corrected chi connectivity index (χ3v) is 1.91. The molecule has 0 amide bonds. The predicted octanol–water partition coefficient (Wildman–Crippen LogP) is 2.96. The molecular weight excluding hydrogens is 207 g/mol. The molecule has 0 radical (unpaired) electrons. The molecule has 0 aliphatic carbocycles. The van der Waals surface area contributed by atoms with Gasteiger partial charge in [-0.15, -0.1) is 0 Å². The molecule has 1 aromatic heterocycles. The predicted molar refractivity (Wildman–Crippen MR) is 64.1 cm³/mol. The molecule has 0 aliphatic heterocycles. The molecule has 1 heterocycles. The minimum Gasteiger partial charge on any atom is -0.481 e. The fraction of sp³-hybridized carbons (Fsp3) is 0.167. The fourth-order valence-corrected chi connectivity index (χ4v) is 1.12. The van der Waals surface area contributed by atoms with E-state index in [1.807, 2.05) is 0 Å². The first-order valence-corrected chi connectivity index (χ1v) is 4.68. The summed E-state index contributed by atoms with van der Waals surface area (Å²) in [7, 11) is 1.52. The third-order valence-electron chi connectivity index (χ3n) is 1.91. The van der Waals surface area contributed by atoms with Crippen LogP contribution in [0, 0.1) is 0 Å². The van der Waals surface area contributed by atoms with E-state index in [0.29, 0.717) is 22.8 Å². The second kappa shape index (κ2) is 5.80. The van der Waals surface area contributed by atoms with Crippen LogP contribution >= 0.6 is 0 Å². The Kier molecular flexibility index (Phi) is 4.39. The van der Waals surface area contributed by atoms with Gasteiger partial charge in [-0.1, -0.05) is 19.2 Å². The minimum absolute atomic E-state index is 0.456. The quantitative estimate of drug-likeness (QED) is 0.564. The van der Waals surface area contributed by atoms with Crippen LogP contribution in [0.25, 0.3) is 5.57 Å². The number of pyridine rings is 1. The molecule has 0 aromatic carbocycles. The highest BCUT2D eigenvalue weighted by molar-refractivity contribution is 5.79. The Labute approximate surface area is 94.0 Å². The number of ether oxygens (including phenoxy) is 1. The number of nitrogens with zero attached hydrogens (tertiary/aromatic N) is 2. The Bertz CT molecular complexity index is 427. The van der Waals surface area contributed by atoms with E-state index in [4.69, 9.17) is 4.74 Å². The molecule has 0 saturated heterocycles. The number of alkyl halides is 1. The second-order valence-corrected chi connectivity index (χ2v) is 2.92. The molecule has 0 aliphatic rings. The zero-order chi connectivity index (χ0) is 12.0. The molecule has 4 heteroatoms. The lowest BCUT2D eigenvalue weighted by Crippen LogP contribution is -1.92. The van der Waals surface area contributed by atoms with Gasteiger partial charge in [0.05, 0.1) is 18.5 Å². The van der Waals surface area contributed by atoms with Crippen molar-refractivity contribution in [1.29, 1.82) is 0 Å². The van der Waals surface area contributed by atoms with E-state index in [-0.39, 0.29) is 0 Å². The molecule has 1 aromatic rings. The van der Waals surface area contributed by atoms with Crippen molar-refractivity contribution in [2.75, 3.05) is 13.8 Å². The number of aromatic nitrogens is 1. The Morgan fingerprint density at radius 2 is 2.38 bits per heavy atom. The van der Waals surface area contributed by atoms with E-state index in [1.54, 1.807) is 18.2 Å². The summed E-state index contributed by atoms with van der Waals surface area (Å²) in [4.78, 5) is 8.13. The molecule has 3 nitrogen and oxygen atoms in total. The summed E-state index contributed by atoms with van der Waals surface area (Å²) in [6, 6.07) is 3.35. The normalized spacial score (nSPS) is 10.4. The van der Waals surface area contributed by atoms with Crippen molar-refractivity contribution in [2.45, 2.75) is 0 Å². The number of allylic oxidation sites excluding steroid dienone is 2. The van der Waals surface area contributed by atoms with E-state index >= 15 is 0 Å². The van der Waals surface area contributed by atoms with Crippen LogP contribution < -0.4 is 4.74 Å². The standard InChI is InChI=1S/C12H13FN2O/c1-4-9(2)12-10(14-8-7-13)5-6-11(15-12)16-3/h4-6,8H,1-2,7H2,3H3/b14-8-. The Hall–Kier alpha value is -1.97. The lowest BCUT2D eigenvalue weighted by atomic mass is 10.1. The van der Waals surface area contributed by atoms with Crippen molar-refractivity contribution in [3.63, 3.8) is 0 Å². The number of hydrogen-bond acceptors (Lipinski definition) is 3. The van der Waals surface area contributed by atoms with Crippen molar-refractivity contribution in [1.82, 2.24) is 4.98 Å². The van der Waals surface area contributed by atoms with Gasteiger partial charge in [-0.05, 0) is 11.6 Å². The maximum absolute atomic E-state index is 12.0. The van der Waals surface area contributed by atoms with Gasteiger partial charge in [0.15, 0.2) is 0 Å². The number of hydrogen-bond donors (Lipinski definition) is 0. The van der Waals surface area contributed by atoms with E-state index in [9.17, 15) is 4.39 Å². The van der Waals surface area contributed by atoms with E-state index in [2.05, 4.69) is 23.1 Å². The smallest absolute Gasteiger partial charge is 0.213 e. The van der Waals surface area contributed by atoms with Gasteiger partial charge in [-0.2, -0.15) is 0 Å². The Morgan fingerprint density at radius 3 is 2.94 bits per heavy atom. The van der Waals surface area contributed by atoms with Gasteiger partial charge >= 0.3 is 0 Å². The van der Waals surface area contributed by atoms with Crippen LogP contribution in [-0.2, 0) is 0 Å². The second-order valence-electron chi connectivity index (χ2n) is 2.92. The number of rotatable bonds is 5. The number of aliphatic imine (C=N–C) groups is 1. The molecule has 0 spiro atoms. The zero-order valence-electron chi connectivity index (χ0n) is 9.11. The van der Waals surface area contributed by atoms with Crippen LogP contribution in [0.5, 0.6) is 5.88 Å². The number of methoxy groups -OCH3 is 1. The highest BCUT2D eigenvalue weighted by Crippen LogP contribution is 2.26. The lowest BCUT2D eigenvalue weighted by Gasteiger charge is -2.06. The highest BCUT2D eigenvalue weighted by atomic mass is 19.1. The van der Waals surface area contributed by atoms with Crippen molar-refractivity contribution < 1.29 is 9.13 Å². The van der Waals surface area contributed by atoms with Crippen molar-refractivity contribution >= 4 is 17.5 Å². The molecular formula is C12H13FN2O. The van der Waals surface area contributed by atoms with E-state index < -0.39 is 6.67 Å². The maximum atomic E-state index is 12.0. The number of halogens is 1. The summed E-state index contributed by atoms with van der Waals surface area (Å²) in [6.07, 6.45) is 2.74. The molecule has 0 bridgehead atoms. The van der Waals surface area contributed by atoms with E-state index in [1.165, 1.54) is 13.3 Å². The largest absolute Gasteiger partial charge is 0.481 e. The Morgan fingerprint density at radius 1 is 1.62 bits per heavy atom. The summed E-state index contributed by atoms with van der Waals surface area (Å²) in [6.45, 7) is 6.77. The summed E-state index contributed by atoms with van der Waals surface area (Å²) < 4.78 is 17.0. The Balaban J connectivity index is 3.21. The van der Waals surface area contributed by atoms with Crippen molar-refractivity contribution in [2.24, 2.45) is 4.99 Å². The monoisotopic (exact) mass is 220 g/mol. The molecule has 0 saturated carbocycles. The van der Waals surface area contributed by atoms with Gasteiger partial charge in [0.1, 0.15) is 6.67 Å². The average Bonchev–Trinajstić information content (AvgIpc) is 2.35. The van der Waals surface area contributed by atoms with Gasteiger partial charge < -0.3 is 4.74 Å². The first kappa shape index (κ1) is 12.1. The van der Waals surface area contributed by atoms with Crippen molar-refractivity contribution in [3.8, 4) is 5.88 Å². The summed E-state index contributed by atoms with van der Waals surface area (Å²) in [5, 5.41) is 0. The van der Waals surface area contributed by atoms with Gasteiger partial charge in [-0.25, -0.2) is 9.37 Å². The van der Waals surface area contributed by atoms with Crippen LogP contribution in [-0.4, -0.2) is 25.0 Å². The summed E-state index contributed by atoms with van der Waals surface area (Å²) in [5.74, 6) is 0.456. The zero-order valence-corrected chi connectivity index (χ0v) is 9.11. The molecule has 0 fully saturated rings. The molecule has 0 unspecified atom stereocenters. The maximum Gasteiger partial charge on any atom is 0.213 e. The van der Waals surface area contributed by atoms with Crippen LogP contribution in [0.2, 0.25) is 0 Å². The first-order chi connectivity index (χ1) is 7.72. The fourth-order valence-electron chi connectivity index (χ4n) is 1.12. The molecule has 16 heavy (non-hydrogen) atoms. The van der Waals surface area contributed by atoms with Gasteiger partial charge in [0.25, 0.3) is 0 Å². The first-order valence-electron chi connectivity index (χ1n) is 4.68. The van der Waals surface area contributed by atoms with Crippen LogP contribution in [0.4, 0.5) is 10.1 Å². The molecule has 84 valence electrons. The van der Waals surface area contributed by atoms with Crippen LogP contribution in [0.15, 0.2) is 36.4 Å². The van der Waals surface area contributed by atoms with Crippen molar-refractivity contribution in [3.05, 3.63) is 37.1 Å². The summed E-state index contributed by atoms with van der Waals surface area (Å²) >= 11 is 0. The highest BCUT2D eigenvalue weighted by Gasteiger charge is 2.06.